The molecule has 0 saturated carbocycles. The molecular weight excluding hydrogens is 518 g/mol. The topological polar surface area (TPSA) is 36.4 Å². The van der Waals surface area contributed by atoms with Gasteiger partial charge in [0.05, 0.1) is 11.4 Å². The fourth-order valence-electron chi connectivity index (χ4n) is 5.94. The van der Waals surface area contributed by atoms with E-state index >= 15 is 0 Å². The van der Waals surface area contributed by atoms with Crippen molar-refractivity contribution >= 4 is 50.4 Å². The highest BCUT2D eigenvalue weighted by Crippen LogP contribution is 2.54. The molecule has 4 heteroatoms. The summed E-state index contributed by atoms with van der Waals surface area (Å²) in [7, 11) is 0. The summed E-state index contributed by atoms with van der Waals surface area (Å²) < 4.78 is 0. The average molecular weight is 546 g/mol. The SMILES string of the molecule is C1=C(c2ccccc2)NC(c2cc3ccc4ccccc4c3c3c2SC(c2ccccc2)N3)N=C1c1ccccc1. The molecule has 0 amide bonds. The molecule has 2 aliphatic rings. The lowest BCUT2D eigenvalue weighted by Gasteiger charge is -2.26. The minimum Gasteiger partial charge on any atom is -0.368 e. The zero-order chi connectivity index (χ0) is 27.2. The summed E-state index contributed by atoms with van der Waals surface area (Å²) in [6.07, 6.45) is 1.94. The van der Waals surface area contributed by atoms with Crippen LogP contribution in [0.3, 0.4) is 0 Å². The molecular formula is C37H27N3S. The molecule has 8 rings (SSSR count). The number of rotatable bonds is 4. The number of benzene rings is 6. The Hall–Kier alpha value is -4.80. The third-order valence-electron chi connectivity index (χ3n) is 7.92. The van der Waals surface area contributed by atoms with E-state index in [1.54, 1.807) is 0 Å². The van der Waals surface area contributed by atoms with E-state index < -0.39 is 0 Å². The first-order valence-electron chi connectivity index (χ1n) is 14.0. The van der Waals surface area contributed by atoms with E-state index in [0.29, 0.717) is 0 Å². The molecule has 0 aromatic heterocycles. The van der Waals surface area contributed by atoms with Crippen LogP contribution in [0.25, 0.3) is 27.2 Å². The van der Waals surface area contributed by atoms with Crippen molar-refractivity contribution in [2.24, 2.45) is 4.99 Å². The first-order valence-corrected chi connectivity index (χ1v) is 14.8. The number of nitrogens with zero attached hydrogens (tertiary/aromatic N) is 1. The predicted molar refractivity (Wildman–Crippen MR) is 173 cm³/mol. The number of allylic oxidation sites excluding steroid dienone is 1. The Bertz CT molecular complexity index is 1960. The number of aliphatic imine (C=N–C) groups is 1. The van der Waals surface area contributed by atoms with E-state index in [1.807, 2.05) is 11.8 Å². The lowest BCUT2D eigenvalue weighted by atomic mass is 9.96. The standard InChI is InChI=1S/C37H27N3S/c1-4-13-25(14-5-1)31-23-32(26-15-6-2-7-16-26)39-36(38-31)30-22-28-21-20-24-12-10-11-19-29(24)33(28)34-35(30)41-37(40-34)27-17-8-3-9-18-27/h1-23,36-38,40H. The Morgan fingerprint density at radius 1 is 0.610 bits per heavy atom. The molecule has 41 heavy (non-hydrogen) atoms. The van der Waals surface area contributed by atoms with Crippen LogP contribution < -0.4 is 10.6 Å². The Morgan fingerprint density at radius 3 is 2.05 bits per heavy atom. The summed E-state index contributed by atoms with van der Waals surface area (Å²) >= 11 is 1.89. The van der Waals surface area contributed by atoms with E-state index in [2.05, 4.69) is 150 Å². The van der Waals surface area contributed by atoms with Crippen molar-refractivity contribution in [2.45, 2.75) is 16.4 Å². The van der Waals surface area contributed by atoms with E-state index in [-0.39, 0.29) is 11.5 Å². The molecule has 2 N–H and O–H groups in total. The Labute approximate surface area is 243 Å². The maximum atomic E-state index is 5.33. The summed E-state index contributed by atoms with van der Waals surface area (Å²) in [5, 5.41) is 12.9. The molecule has 2 unspecified atom stereocenters. The monoisotopic (exact) mass is 545 g/mol. The van der Waals surface area contributed by atoms with Crippen molar-refractivity contribution in [1.29, 1.82) is 0 Å². The number of fused-ring (bicyclic) bond motifs is 5. The van der Waals surface area contributed by atoms with Crippen molar-refractivity contribution in [2.75, 3.05) is 5.32 Å². The van der Waals surface area contributed by atoms with E-state index in [0.717, 1.165) is 22.5 Å². The van der Waals surface area contributed by atoms with Crippen molar-refractivity contribution in [3.63, 3.8) is 0 Å². The zero-order valence-corrected chi connectivity index (χ0v) is 23.1. The van der Waals surface area contributed by atoms with Gasteiger partial charge in [0.2, 0.25) is 0 Å². The zero-order valence-electron chi connectivity index (χ0n) is 22.3. The average Bonchev–Trinajstić information content (AvgIpc) is 3.51. The molecule has 0 bridgehead atoms. The van der Waals surface area contributed by atoms with Crippen LogP contribution in [-0.2, 0) is 0 Å². The normalized spacial score (nSPS) is 17.9. The summed E-state index contributed by atoms with van der Waals surface area (Å²) in [4.78, 5) is 6.59. The lowest BCUT2D eigenvalue weighted by molar-refractivity contribution is 0.654. The molecule has 196 valence electrons. The van der Waals surface area contributed by atoms with E-state index in [4.69, 9.17) is 4.99 Å². The van der Waals surface area contributed by atoms with Crippen LogP contribution >= 0.6 is 11.8 Å². The first kappa shape index (κ1) is 24.0. The summed E-state index contributed by atoms with van der Waals surface area (Å²) in [6, 6.07) is 47.3. The molecule has 3 nitrogen and oxygen atoms in total. The summed E-state index contributed by atoms with van der Waals surface area (Å²) in [5.41, 5.74) is 7.98. The Kier molecular flexibility index (Phi) is 5.86. The van der Waals surface area contributed by atoms with E-state index in [1.165, 1.54) is 43.3 Å². The first-order chi connectivity index (χ1) is 20.3. The minimum atomic E-state index is -0.237. The molecule has 2 aliphatic heterocycles. The van der Waals surface area contributed by atoms with Gasteiger partial charge in [-0.1, -0.05) is 139 Å². The molecule has 2 heterocycles. The molecule has 0 fully saturated rings. The highest BCUT2D eigenvalue weighted by Gasteiger charge is 2.32. The quantitative estimate of drug-likeness (QED) is 0.217. The minimum absolute atomic E-state index is 0.125. The number of hydrogen-bond acceptors (Lipinski definition) is 4. The van der Waals surface area contributed by atoms with Crippen LogP contribution in [0.5, 0.6) is 0 Å². The number of thioether (sulfide) groups is 1. The molecule has 6 aromatic carbocycles. The van der Waals surface area contributed by atoms with Gasteiger partial charge < -0.3 is 10.6 Å². The maximum absolute atomic E-state index is 5.33. The highest BCUT2D eigenvalue weighted by atomic mass is 32.2. The second-order valence-electron chi connectivity index (χ2n) is 10.5. The van der Waals surface area contributed by atoms with Gasteiger partial charge in [0.25, 0.3) is 0 Å². The van der Waals surface area contributed by atoms with Crippen molar-refractivity contribution in [3.8, 4) is 0 Å². The van der Waals surface area contributed by atoms with Crippen LogP contribution in [0.2, 0.25) is 0 Å². The van der Waals surface area contributed by atoms with Crippen molar-refractivity contribution in [1.82, 2.24) is 5.32 Å². The van der Waals surface area contributed by atoms with Gasteiger partial charge in [0.1, 0.15) is 11.5 Å². The number of hydrogen-bond donors (Lipinski definition) is 2. The van der Waals surface area contributed by atoms with Gasteiger partial charge in [-0.3, -0.25) is 4.99 Å². The summed E-state index contributed by atoms with van der Waals surface area (Å²) in [5.74, 6) is 0. The van der Waals surface area contributed by atoms with Crippen molar-refractivity contribution in [3.05, 3.63) is 162 Å². The van der Waals surface area contributed by atoms with Crippen LogP contribution in [0.1, 0.15) is 33.8 Å². The van der Waals surface area contributed by atoms with Gasteiger partial charge in [-0.15, -0.1) is 0 Å². The molecule has 0 radical (unpaired) electrons. The third-order valence-corrected chi connectivity index (χ3v) is 9.22. The van der Waals surface area contributed by atoms with Crippen LogP contribution in [-0.4, -0.2) is 5.71 Å². The number of nitrogens with one attached hydrogen (secondary N) is 2. The van der Waals surface area contributed by atoms with Gasteiger partial charge in [-0.25, -0.2) is 0 Å². The molecule has 6 aromatic rings. The van der Waals surface area contributed by atoms with Gasteiger partial charge in [-0.05, 0) is 45.0 Å². The fraction of sp³-hybridized carbons (Fsp3) is 0.0541. The smallest absolute Gasteiger partial charge is 0.146 e. The number of anilines is 1. The molecule has 2 atom stereocenters. The van der Waals surface area contributed by atoms with Crippen LogP contribution in [0, 0.1) is 0 Å². The highest BCUT2D eigenvalue weighted by molar-refractivity contribution is 8.00. The second kappa shape index (κ2) is 9.99. The molecule has 0 aliphatic carbocycles. The van der Waals surface area contributed by atoms with Crippen LogP contribution in [0.15, 0.2) is 149 Å². The lowest BCUT2D eigenvalue weighted by Crippen LogP contribution is -2.25. The molecule has 0 spiro atoms. The Balaban J connectivity index is 1.33. The predicted octanol–water partition coefficient (Wildman–Crippen LogP) is 9.34. The van der Waals surface area contributed by atoms with Gasteiger partial charge >= 0.3 is 0 Å². The van der Waals surface area contributed by atoms with Crippen molar-refractivity contribution < 1.29 is 0 Å². The summed E-state index contributed by atoms with van der Waals surface area (Å²) in [6.45, 7) is 0. The maximum Gasteiger partial charge on any atom is 0.146 e. The second-order valence-corrected chi connectivity index (χ2v) is 11.6. The third kappa shape index (κ3) is 4.28. The van der Waals surface area contributed by atoms with Gasteiger partial charge in [-0.2, -0.15) is 0 Å². The van der Waals surface area contributed by atoms with Gasteiger partial charge in [0.15, 0.2) is 0 Å². The fourth-order valence-corrected chi connectivity index (χ4v) is 7.23. The largest absolute Gasteiger partial charge is 0.368 e. The molecule has 0 saturated heterocycles. The Morgan fingerprint density at radius 2 is 1.27 bits per heavy atom. The van der Waals surface area contributed by atoms with Gasteiger partial charge in [0, 0.05) is 21.5 Å². The van der Waals surface area contributed by atoms with E-state index in [9.17, 15) is 0 Å². The van der Waals surface area contributed by atoms with Crippen LogP contribution in [0.4, 0.5) is 5.69 Å².